The summed E-state index contributed by atoms with van der Waals surface area (Å²) in [6.07, 6.45) is 56.7. The van der Waals surface area contributed by atoms with E-state index in [1.165, 1.54) is 236 Å². The topological polar surface area (TPSA) is 92.8 Å². The van der Waals surface area contributed by atoms with E-state index >= 15 is 0 Å². The molecule has 0 aliphatic carbocycles. The molecule has 1 N–H and O–H groups in total. The first-order valence-electron chi connectivity index (χ1n) is 33.1. The van der Waals surface area contributed by atoms with E-state index in [9.17, 15) is 19.2 Å². The van der Waals surface area contributed by atoms with Crippen molar-refractivity contribution in [2.45, 2.75) is 336 Å². The van der Waals surface area contributed by atoms with Crippen LogP contribution < -0.4 is 10.2 Å². The first-order chi connectivity index (χ1) is 36.8. The third-order valence-corrected chi connectivity index (χ3v) is 17.2. The summed E-state index contributed by atoms with van der Waals surface area (Å²) in [4.78, 5) is 57.0. The Bertz CT molecular complexity index is 1480. The minimum atomic E-state index is -0.678. The molecule has 75 heavy (non-hydrogen) atoms. The fourth-order valence-corrected chi connectivity index (χ4v) is 12.3. The molecule has 1 saturated heterocycles. The first kappa shape index (κ1) is 68.4. The lowest BCUT2D eigenvalue weighted by Gasteiger charge is -2.32. The second-order valence-corrected chi connectivity index (χ2v) is 24.0. The molecule has 1 heterocycles. The molecule has 2 rings (SSSR count). The number of nitrogens with zero attached hydrogens (tertiary/aromatic N) is 1. The molecule has 6 unspecified atom stereocenters. The van der Waals surface area contributed by atoms with Gasteiger partial charge in [-0.1, -0.05) is 322 Å². The number of imide groups is 1. The van der Waals surface area contributed by atoms with Gasteiger partial charge in [0, 0.05) is 6.54 Å². The minimum Gasteiger partial charge on any atom is -0.463 e. The van der Waals surface area contributed by atoms with Crippen LogP contribution >= 0.6 is 0 Å². The highest BCUT2D eigenvalue weighted by molar-refractivity contribution is 6.22. The maximum absolute atomic E-state index is 14.7. The summed E-state index contributed by atoms with van der Waals surface area (Å²) in [5, 5.41) is 3.20. The average Bonchev–Trinajstić information content (AvgIpc) is 3.64. The van der Waals surface area contributed by atoms with Crippen LogP contribution in [0.5, 0.6) is 0 Å². The number of benzene rings is 1. The summed E-state index contributed by atoms with van der Waals surface area (Å²) < 4.78 is 5.97. The van der Waals surface area contributed by atoms with E-state index in [0.29, 0.717) is 37.5 Å². The van der Waals surface area contributed by atoms with Gasteiger partial charge in [-0.15, -0.1) is 0 Å². The summed E-state index contributed by atoms with van der Waals surface area (Å²) in [7, 11) is 0. The Morgan fingerprint density at radius 1 is 0.480 bits per heavy atom. The van der Waals surface area contributed by atoms with Gasteiger partial charge in [-0.2, -0.15) is 0 Å². The Morgan fingerprint density at radius 3 is 1.19 bits per heavy atom. The molecule has 434 valence electrons. The highest BCUT2D eigenvalue weighted by Gasteiger charge is 2.50. The van der Waals surface area contributed by atoms with Gasteiger partial charge >= 0.3 is 0 Å². The van der Waals surface area contributed by atoms with Crippen LogP contribution in [-0.2, 0) is 23.9 Å². The van der Waals surface area contributed by atoms with Crippen LogP contribution in [0.3, 0.4) is 0 Å². The van der Waals surface area contributed by atoms with Gasteiger partial charge in [0.15, 0.2) is 0 Å². The van der Waals surface area contributed by atoms with Crippen LogP contribution in [0.25, 0.3) is 0 Å². The van der Waals surface area contributed by atoms with Crippen molar-refractivity contribution in [3.63, 3.8) is 0 Å². The Labute approximate surface area is 464 Å². The smallest absolute Gasteiger partial charge is 0.293 e. The van der Waals surface area contributed by atoms with E-state index < -0.39 is 23.9 Å². The fourth-order valence-electron chi connectivity index (χ4n) is 12.3. The molecule has 0 bridgehead atoms. The lowest BCUT2D eigenvalue weighted by atomic mass is 9.76. The zero-order valence-corrected chi connectivity index (χ0v) is 50.2. The SMILES string of the molecule is CCCCCCCCCCCCCCCCNC(=O)C(C)C(OC=O)C(CCCCCCCCCCCCCCCC)CC1C(=O)N(c2ccccc2)C(=O)C1CC(C)CCCCCCCCCCCCCCCC. The van der Waals surface area contributed by atoms with Gasteiger partial charge in [0.1, 0.15) is 6.10 Å². The van der Waals surface area contributed by atoms with E-state index in [1.807, 2.05) is 37.3 Å². The van der Waals surface area contributed by atoms with Crippen molar-refractivity contribution in [1.29, 1.82) is 0 Å². The van der Waals surface area contributed by atoms with Gasteiger partial charge in [0.05, 0.1) is 23.4 Å². The molecule has 6 atom stereocenters. The molecule has 1 aliphatic rings. The normalized spacial score (nSPS) is 16.4. The number of carbonyl (C=O) groups excluding carboxylic acids is 4. The lowest BCUT2D eigenvalue weighted by molar-refractivity contribution is -0.145. The van der Waals surface area contributed by atoms with E-state index in [4.69, 9.17) is 4.74 Å². The molecule has 7 nitrogen and oxygen atoms in total. The monoisotopic (exact) mass is 1050 g/mol. The molecule has 1 aromatic rings. The van der Waals surface area contributed by atoms with Crippen LogP contribution in [0.4, 0.5) is 5.69 Å². The molecule has 1 aromatic carbocycles. The van der Waals surface area contributed by atoms with Crippen LogP contribution in [0.15, 0.2) is 30.3 Å². The Balaban J connectivity index is 2.04. The number of nitrogens with one attached hydrogen (secondary N) is 1. The predicted octanol–water partition coefficient (Wildman–Crippen LogP) is 20.3. The van der Waals surface area contributed by atoms with Crippen molar-refractivity contribution < 1.29 is 23.9 Å². The molecule has 0 saturated carbocycles. The zero-order chi connectivity index (χ0) is 54.2. The summed E-state index contributed by atoms with van der Waals surface area (Å²) in [6, 6.07) is 9.43. The second kappa shape index (κ2) is 48.4. The van der Waals surface area contributed by atoms with E-state index in [-0.39, 0.29) is 23.6 Å². The van der Waals surface area contributed by atoms with Gasteiger partial charge in [-0.05, 0) is 49.7 Å². The van der Waals surface area contributed by atoms with Gasteiger partial charge in [0.2, 0.25) is 17.7 Å². The third-order valence-electron chi connectivity index (χ3n) is 17.2. The fraction of sp³-hybridized carbons (Fsp3) is 0.853. The van der Waals surface area contributed by atoms with Gasteiger partial charge < -0.3 is 10.1 Å². The average molecular weight is 1050 g/mol. The van der Waals surface area contributed by atoms with Crippen LogP contribution in [0.1, 0.15) is 330 Å². The molecule has 1 fully saturated rings. The summed E-state index contributed by atoms with van der Waals surface area (Å²) in [6.45, 7) is 12.1. The molecule has 0 radical (unpaired) electrons. The maximum atomic E-state index is 14.7. The quantitative estimate of drug-likeness (QED) is 0.0399. The summed E-state index contributed by atoms with van der Waals surface area (Å²) >= 11 is 0. The number of hydrogen-bond acceptors (Lipinski definition) is 5. The minimum absolute atomic E-state index is 0.0967. The molecule has 0 spiro atoms. The molecule has 1 aliphatic heterocycles. The van der Waals surface area contributed by atoms with Gasteiger partial charge in [0.25, 0.3) is 6.47 Å². The van der Waals surface area contributed by atoms with Crippen LogP contribution in [-0.4, -0.2) is 36.8 Å². The highest BCUT2D eigenvalue weighted by Crippen LogP contribution is 2.41. The number of ether oxygens (including phenoxy) is 1. The molecular formula is C68H122N2O5. The summed E-state index contributed by atoms with van der Waals surface area (Å²) in [5.41, 5.74) is 0.625. The van der Waals surface area contributed by atoms with Gasteiger partial charge in [-0.3, -0.25) is 24.1 Å². The first-order valence-corrected chi connectivity index (χ1v) is 33.1. The van der Waals surface area contributed by atoms with Crippen LogP contribution in [0.2, 0.25) is 0 Å². The lowest BCUT2D eigenvalue weighted by Crippen LogP contribution is -2.42. The maximum Gasteiger partial charge on any atom is 0.293 e. The molecular weight excluding hydrogens is 925 g/mol. The summed E-state index contributed by atoms with van der Waals surface area (Å²) in [5.74, 6) is -1.83. The Kier molecular flexibility index (Phi) is 44.2. The number of amides is 3. The largest absolute Gasteiger partial charge is 0.463 e. The molecule has 7 heteroatoms. The Hall–Kier alpha value is -2.70. The van der Waals surface area contributed by atoms with Crippen molar-refractivity contribution >= 4 is 29.9 Å². The molecule has 3 amide bonds. The number of unbranched alkanes of at least 4 members (excludes halogenated alkanes) is 39. The number of anilines is 1. The standard InChI is InChI=1S/C68H122N2O5/c1-6-9-12-15-18-21-24-27-30-33-36-39-42-46-51-59(4)56-63-64(68(74)70(67(63)73)62-53-48-45-49-54-62)57-61(52-47-43-40-37-34-31-28-25-22-19-16-13-10-7-2)65(75-58-71)60(5)66(72)69-55-50-44-41-38-35-32-29-26-23-20-17-14-11-8-3/h45,48-49,53-54,58-61,63-65H,6-44,46-47,50-52,55-57H2,1-5H3,(H,69,72). The van der Waals surface area contributed by atoms with E-state index in [1.54, 1.807) is 0 Å². The van der Waals surface area contributed by atoms with Crippen molar-refractivity contribution in [3.8, 4) is 0 Å². The number of para-hydroxylation sites is 1. The van der Waals surface area contributed by atoms with Crippen molar-refractivity contribution in [2.24, 2.45) is 29.6 Å². The van der Waals surface area contributed by atoms with E-state index in [2.05, 4.69) is 33.0 Å². The van der Waals surface area contributed by atoms with Gasteiger partial charge in [-0.25, -0.2) is 0 Å². The highest BCUT2D eigenvalue weighted by atomic mass is 16.5. The zero-order valence-electron chi connectivity index (χ0n) is 50.2. The number of rotatable bonds is 55. The second-order valence-electron chi connectivity index (χ2n) is 24.0. The van der Waals surface area contributed by atoms with Crippen LogP contribution in [0, 0.1) is 29.6 Å². The third kappa shape index (κ3) is 33.4. The van der Waals surface area contributed by atoms with Crippen molar-refractivity contribution in [2.75, 3.05) is 11.4 Å². The predicted molar refractivity (Wildman–Crippen MR) is 321 cm³/mol. The van der Waals surface area contributed by atoms with Crippen molar-refractivity contribution in [1.82, 2.24) is 5.32 Å². The molecule has 0 aromatic heterocycles. The Morgan fingerprint density at radius 2 is 0.813 bits per heavy atom. The number of carbonyl (C=O) groups is 4. The van der Waals surface area contributed by atoms with E-state index in [0.717, 1.165) is 51.4 Å². The van der Waals surface area contributed by atoms with Crippen molar-refractivity contribution in [3.05, 3.63) is 30.3 Å². The number of hydrogen-bond donors (Lipinski definition) is 1.